The standard InChI is InChI=1S/C20H14F4N4O3/c1-2-15-12(3-4-16(29)27-15)9-28-10-26-18(20(22,23)24)17(19(28)30)31-14-6-11(8-25)5-13(21)7-14/h3-7,10H,2,9H2,1H3,(H,27,29). The Morgan fingerprint density at radius 2 is 1.97 bits per heavy atom. The highest BCUT2D eigenvalue weighted by molar-refractivity contribution is 5.40. The lowest BCUT2D eigenvalue weighted by Gasteiger charge is -2.15. The number of aryl methyl sites for hydroxylation is 1. The van der Waals surface area contributed by atoms with Crippen LogP contribution in [0.3, 0.4) is 0 Å². The van der Waals surface area contributed by atoms with E-state index in [0.717, 1.165) is 29.1 Å². The summed E-state index contributed by atoms with van der Waals surface area (Å²) in [6, 6.07) is 6.93. The summed E-state index contributed by atoms with van der Waals surface area (Å²) in [5.74, 6) is -2.54. The van der Waals surface area contributed by atoms with Crippen LogP contribution < -0.4 is 15.9 Å². The maximum atomic E-state index is 13.7. The fourth-order valence-corrected chi connectivity index (χ4v) is 2.88. The number of hydrogen-bond donors (Lipinski definition) is 1. The number of aromatic amines is 1. The third kappa shape index (κ3) is 4.80. The highest BCUT2D eigenvalue weighted by Crippen LogP contribution is 2.34. The van der Waals surface area contributed by atoms with Gasteiger partial charge in [-0.3, -0.25) is 14.2 Å². The molecule has 3 rings (SSSR count). The first kappa shape index (κ1) is 21.8. The van der Waals surface area contributed by atoms with Crippen LogP contribution in [0.15, 0.2) is 46.2 Å². The molecule has 7 nitrogen and oxygen atoms in total. The molecule has 2 heterocycles. The van der Waals surface area contributed by atoms with Crippen molar-refractivity contribution < 1.29 is 22.3 Å². The predicted octanol–water partition coefficient (Wildman–Crippen LogP) is 3.36. The topological polar surface area (TPSA) is 101 Å². The summed E-state index contributed by atoms with van der Waals surface area (Å²) < 4.78 is 59.9. The zero-order chi connectivity index (χ0) is 22.8. The molecule has 3 aromatic rings. The van der Waals surface area contributed by atoms with Crippen LogP contribution in [0.5, 0.6) is 11.5 Å². The second-order valence-electron chi connectivity index (χ2n) is 6.42. The summed E-state index contributed by atoms with van der Waals surface area (Å²) in [4.78, 5) is 30.2. The summed E-state index contributed by atoms with van der Waals surface area (Å²) in [6.07, 6.45) is -3.89. The van der Waals surface area contributed by atoms with Gasteiger partial charge in [-0.05, 0) is 24.1 Å². The number of rotatable bonds is 5. The summed E-state index contributed by atoms with van der Waals surface area (Å²) >= 11 is 0. The van der Waals surface area contributed by atoms with E-state index < -0.39 is 34.7 Å². The Bertz CT molecular complexity index is 1290. The van der Waals surface area contributed by atoms with E-state index in [0.29, 0.717) is 17.7 Å². The zero-order valence-electron chi connectivity index (χ0n) is 16.0. The van der Waals surface area contributed by atoms with Crippen LogP contribution in [0.1, 0.15) is 29.4 Å². The van der Waals surface area contributed by atoms with Gasteiger partial charge >= 0.3 is 6.18 Å². The second kappa shape index (κ2) is 8.43. The lowest BCUT2D eigenvalue weighted by atomic mass is 10.1. The van der Waals surface area contributed by atoms with E-state index in [4.69, 9.17) is 10.00 Å². The van der Waals surface area contributed by atoms with Gasteiger partial charge in [-0.1, -0.05) is 13.0 Å². The van der Waals surface area contributed by atoms with Crippen molar-refractivity contribution in [1.29, 1.82) is 5.26 Å². The maximum absolute atomic E-state index is 13.7. The number of aromatic nitrogens is 3. The van der Waals surface area contributed by atoms with Crippen LogP contribution in [-0.2, 0) is 19.1 Å². The van der Waals surface area contributed by atoms with Crippen molar-refractivity contribution in [2.45, 2.75) is 26.1 Å². The molecule has 11 heteroatoms. The van der Waals surface area contributed by atoms with Crippen LogP contribution in [-0.4, -0.2) is 14.5 Å². The molecule has 0 spiro atoms. The first-order valence-corrected chi connectivity index (χ1v) is 8.88. The molecule has 0 saturated carbocycles. The number of pyridine rings is 1. The predicted molar refractivity (Wildman–Crippen MR) is 100 cm³/mol. The average Bonchev–Trinajstić information content (AvgIpc) is 2.70. The van der Waals surface area contributed by atoms with Gasteiger partial charge in [0.2, 0.25) is 11.3 Å². The Morgan fingerprint density at radius 1 is 1.23 bits per heavy atom. The van der Waals surface area contributed by atoms with E-state index in [9.17, 15) is 27.2 Å². The van der Waals surface area contributed by atoms with Crippen LogP contribution in [0.4, 0.5) is 17.6 Å². The molecule has 0 aliphatic carbocycles. The third-order valence-corrected chi connectivity index (χ3v) is 4.28. The minimum atomic E-state index is -5.02. The van der Waals surface area contributed by atoms with Crippen molar-refractivity contribution in [2.75, 3.05) is 0 Å². The first-order valence-electron chi connectivity index (χ1n) is 8.88. The number of ether oxygens (including phenoxy) is 1. The van der Waals surface area contributed by atoms with Crippen molar-refractivity contribution in [2.24, 2.45) is 0 Å². The Morgan fingerprint density at radius 3 is 2.61 bits per heavy atom. The van der Waals surface area contributed by atoms with Gasteiger partial charge in [0.15, 0.2) is 5.69 Å². The van der Waals surface area contributed by atoms with Gasteiger partial charge in [0.25, 0.3) is 5.56 Å². The minimum absolute atomic E-state index is 0.188. The van der Waals surface area contributed by atoms with Crippen molar-refractivity contribution in [3.8, 4) is 17.6 Å². The molecule has 160 valence electrons. The highest BCUT2D eigenvalue weighted by Gasteiger charge is 2.38. The normalized spacial score (nSPS) is 11.2. The molecule has 0 amide bonds. The Kier molecular flexibility index (Phi) is 5.92. The lowest BCUT2D eigenvalue weighted by molar-refractivity contribution is -0.142. The molecule has 0 atom stereocenters. The van der Waals surface area contributed by atoms with Gasteiger partial charge in [0.05, 0.1) is 24.5 Å². The Hall–Kier alpha value is -3.94. The van der Waals surface area contributed by atoms with Crippen LogP contribution in [0.2, 0.25) is 0 Å². The molecule has 0 radical (unpaired) electrons. The fourth-order valence-electron chi connectivity index (χ4n) is 2.88. The van der Waals surface area contributed by atoms with Crippen molar-refractivity contribution >= 4 is 0 Å². The molecule has 2 aromatic heterocycles. The van der Waals surface area contributed by atoms with Crippen LogP contribution in [0.25, 0.3) is 0 Å². The average molecular weight is 434 g/mol. The van der Waals surface area contributed by atoms with E-state index in [1.54, 1.807) is 13.0 Å². The van der Waals surface area contributed by atoms with E-state index >= 15 is 0 Å². The smallest absolute Gasteiger partial charge is 0.437 e. The molecule has 31 heavy (non-hydrogen) atoms. The number of nitrogens with zero attached hydrogens (tertiary/aromatic N) is 3. The number of nitriles is 1. The highest BCUT2D eigenvalue weighted by atomic mass is 19.4. The fraction of sp³-hybridized carbons (Fsp3) is 0.200. The van der Waals surface area contributed by atoms with E-state index in [1.165, 1.54) is 12.1 Å². The van der Waals surface area contributed by atoms with Gasteiger partial charge in [-0.25, -0.2) is 9.37 Å². The third-order valence-electron chi connectivity index (χ3n) is 4.28. The van der Waals surface area contributed by atoms with Gasteiger partial charge in [0, 0.05) is 17.8 Å². The van der Waals surface area contributed by atoms with Crippen LogP contribution >= 0.6 is 0 Å². The number of H-pyrrole nitrogens is 1. The SMILES string of the molecule is CCc1[nH]c(=O)ccc1Cn1cnc(C(F)(F)F)c(Oc2cc(F)cc(C#N)c2)c1=O. The first-order chi connectivity index (χ1) is 14.6. The van der Waals surface area contributed by atoms with Crippen LogP contribution in [0, 0.1) is 17.1 Å². The molecule has 0 saturated heterocycles. The lowest BCUT2D eigenvalue weighted by Crippen LogP contribution is -2.27. The van der Waals surface area contributed by atoms with Gasteiger partial charge < -0.3 is 9.72 Å². The second-order valence-corrected chi connectivity index (χ2v) is 6.42. The molecule has 0 fully saturated rings. The largest absolute Gasteiger partial charge is 0.449 e. The molecular formula is C20H14F4N4O3. The Labute approximate surface area is 172 Å². The number of hydrogen-bond acceptors (Lipinski definition) is 5. The van der Waals surface area contributed by atoms with E-state index in [-0.39, 0.29) is 17.7 Å². The number of nitrogens with one attached hydrogen (secondary N) is 1. The van der Waals surface area contributed by atoms with Gasteiger partial charge in [0.1, 0.15) is 11.6 Å². The molecule has 0 bridgehead atoms. The van der Waals surface area contributed by atoms with Crippen molar-refractivity contribution in [1.82, 2.24) is 14.5 Å². The van der Waals surface area contributed by atoms with Crippen molar-refractivity contribution in [3.63, 3.8) is 0 Å². The van der Waals surface area contributed by atoms with E-state index in [1.807, 2.05) is 0 Å². The summed E-state index contributed by atoms with van der Waals surface area (Å²) in [6.45, 7) is 1.57. The zero-order valence-corrected chi connectivity index (χ0v) is 16.0. The molecule has 0 unspecified atom stereocenters. The van der Waals surface area contributed by atoms with E-state index in [2.05, 4.69) is 9.97 Å². The quantitative estimate of drug-likeness (QED) is 0.621. The number of halogens is 4. The molecular weight excluding hydrogens is 420 g/mol. The summed E-state index contributed by atoms with van der Waals surface area (Å²) in [5, 5.41) is 8.91. The Balaban J connectivity index is 2.11. The van der Waals surface area contributed by atoms with Gasteiger partial charge in [-0.15, -0.1) is 0 Å². The monoisotopic (exact) mass is 434 g/mol. The number of benzene rings is 1. The minimum Gasteiger partial charge on any atom is -0.449 e. The summed E-state index contributed by atoms with van der Waals surface area (Å²) in [7, 11) is 0. The van der Waals surface area contributed by atoms with Crippen molar-refractivity contribution in [3.05, 3.63) is 85.7 Å². The summed E-state index contributed by atoms with van der Waals surface area (Å²) in [5.41, 5.74) is -2.32. The molecule has 1 aromatic carbocycles. The van der Waals surface area contributed by atoms with Gasteiger partial charge in [-0.2, -0.15) is 18.4 Å². The molecule has 0 aliphatic rings. The maximum Gasteiger partial charge on any atom is 0.437 e. The number of alkyl halides is 3. The molecule has 0 aliphatic heterocycles. The molecule has 1 N–H and O–H groups in total.